The van der Waals surface area contributed by atoms with Crippen LogP contribution in [-0.4, -0.2) is 19.8 Å². The van der Waals surface area contributed by atoms with Gasteiger partial charge in [0, 0.05) is 18.6 Å². The molecule has 2 aromatic carbocycles. The lowest BCUT2D eigenvalue weighted by molar-refractivity contribution is 0.0630. The van der Waals surface area contributed by atoms with Crippen LogP contribution in [0.5, 0.6) is 0 Å². The highest BCUT2D eigenvalue weighted by Gasteiger charge is 2.34. The monoisotopic (exact) mass is 252 g/mol. The Labute approximate surface area is 114 Å². The highest BCUT2D eigenvalue weighted by molar-refractivity contribution is 6.61. The van der Waals surface area contributed by atoms with E-state index in [0.717, 1.165) is 5.46 Å². The molecule has 1 aliphatic rings. The molecule has 2 atom stereocenters. The minimum atomic E-state index is -0.240. The van der Waals surface area contributed by atoms with Gasteiger partial charge < -0.3 is 9.31 Å². The van der Waals surface area contributed by atoms with Crippen molar-refractivity contribution in [3.05, 3.63) is 66.2 Å². The van der Waals surface area contributed by atoms with E-state index in [2.05, 4.69) is 31.2 Å². The fourth-order valence-corrected chi connectivity index (χ4v) is 2.51. The summed E-state index contributed by atoms with van der Waals surface area (Å²) in [6.07, 6.45) is 0.154. The van der Waals surface area contributed by atoms with Crippen LogP contribution in [0.1, 0.15) is 18.4 Å². The van der Waals surface area contributed by atoms with Crippen LogP contribution in [0.2, 0.25) is 0 Å². The quantitative estimate of drug-likeness (QED) is 0.765. The normalized spacial score (nSPS) is 23.3. The van der Waals surface area contributed by atoms with Gasteiger partial charge in [-0.05, 0) is 17.9 Å². The molecule has 0 amide bonds. The van der Waals surface area contributed by atoms with Gasteiger partial charge in [0.2, 0.25) is 0 Å². The van der Waals surface area contributed by atoms with Gasteiger partial charge in [-0.3, -0.25) is 0 Å². The summed E-state index contributed by atoms with van der Waals surface area (Å²) in [6, 6.07) is 20.5. The predicted molar refractivity (Wildman–Crippen MR) is 77.5 cm³/mol. The van der Waals surface area contributed by atoms with Gasteiger partial charge in [0.15, 0.2) is 0 Å². The first-order chi connectivity index (χ1) is 9.34. The summed E-state index contributed by atoms with van der Waals surface area (Å²) in [7, 11) is -0.240. The summed E-state index contributed by atoms with van der Waals surface area (Å²) in [4.78, 5) is 0. The molecule has 1 heterocycles. The van der Waals surface area contributed by atoms with Gasteiger partial charge in [-0.2, -0.15) is 0 Å². The molecule has 0 aliphatic carbocycles. The van der Waals surface area contributed by atoms with Crippen LogP contribution in [0.25, 0.3) is 0 Å². The fraction of sp³-hybridized carbons (Fsp3) is 0.250. The molecule has 2 nitrogen and oxygen atoms in total. The Bertz CT molecular complexity index is 515. The molecule has 0 aromatic heterocycles. The Kier molecular flexibility index (Phi) is 3.67. The van der Waals surface area contributed by atoms with Crippen molar-refractivity contribution >= 4 is 12.6 Å². The van der Waals surface area contributed by atoms with E-state index < -0.39 is 0 Å². The van der Waals surface area contributed by atoms with E-state index in [1.807, 2.05) is 36.4 Å². The number of hydrogen-bond donors (Lipinski definition) is 0. The Hall–Kier alpha value is -1.58. The lowest BCUT2D eigenvalue weighted by Crippen LogP contribution is -2.47. The highest BCUT2D eigenvalue weighted by Crippen LogP contribution is 2.26. The number of benzene rings is 2. The maximum atomic E-state index is 6.02. The van der Waals surface area contributed by atoms with Crippen molar-refractivity contribution in [2.75, 3.05) is 6.61 Å². The molecule has 0 spiro atoms. The van der Waals surface area contributed by atoms with Crippen molar-refractivity contribution in [2.45, 2.75) is 18.9 Å². The van der Waals surface area contributed by atoms with E-state index in [9.17, 15) is 0 Å². The average molecular weight is 252 g/mol. The molecular formula is C16H17BO2. The van der Waals surface area contributed by atoms with Crippen LogP contribution in [0, 0.1) is 0 Å². The zero-order valence-electron chi connectivity index (χ0n) is 11.0. The molecule has 3 rings (SSSR count). The number of rotatable bonds is 2. The first-order valence-electron chi connectivity index (χ1n) is 6.71. The van der Waals surface area contributed by atoms with Crippen molar-refractivity contribution < 1.29 is 9.31 Å². The second-order valence-corrected chi connectivity index (χ2v) is 4.93. The van der Waals surface area contributed by atoms with Crippen molar-refractivity contribution in [3.8, 4) is 0 Å². The molecule has 0 N–H and O–H groups in total. The van der Waals surface area contributed by atoms with Crippen LogP contribution >= 0.6 is 0 Å². The van der Waals surface area contributed by atoms with E-state index >= 15 is 0 Å². The van der Waals surface area contributed by atoms with E-state index in [1.165, 1.54) is 5.56 Å². The van der Waals surface area contributed by atoms with Gasteiger partial charge in [-0.15, -0.1) is 0 Å². The van der Waals surface area contributed by atoms with Gasteiger partial charge in [-0.25, -0.2) is 0 Å². The summed E-state index contributed by atoms with van der Waals surface area (Å²) in [5.41, 5.74) is 2.36. The van der Waals surface area contributed by atoms with E-state index in [4.69, 9.17) is 9.31 Å². The van der Waals surface area contributed by atoms with Crippen molar-refractivity contribution in [1.29, 1.82) is 0 Å². The van der Waals surface area contributed by atoms with Gasteiger partial charge in [0.05, 0.1) is 0 Å². The smallest absolute Gasteiger partial charge is 0.407 e. The molecule has 96 valence electrons. The predicted octanol–water partition coefficient (Wildman–Crippen LogP) is 2.60. The number of hydrogen-bond acceptors (Lipinski definition) is 2. The van der Waals surface area contributed by atoms with Gasteiger partial charge >= 0.3 is 7.12 Å². The standard InChI is InChI=1S/C16H17BO2/c1-13-16(14-8-4-2-5-9-14)12-18-17(19-13)15-10-6-3-7-11-15/h2-11,13,16H,12H2,1H3/t13-,16-/m0/s1. The average Bonchev–Trinajstić information content (AvgIpc) is 2.49. The third kappa shape index (κ3) is 2.72. The van der Waals surface area contributed by atoms with Crippen molar-refractivity contribution in [3.63, 3.8) is 0 Å². The Morgan fingerprint density at radius 2 is 1.58 bits per heavy atom. The molecule has 1 fully saturated rings. The van der Waals surface area contributed by atoms with E-state index in [0.29, 0.717) is 12.5 Å². The molecule has 1 saturated heterocycles. The van der Waals surface area contributed by atoms with E-state index in [1.54, 1.807) is 0 Å². The van der Waals surface area contributed by atoms with Crippen LogP contribution in [0.15, 0.2) is 60.7 Å². The van der Waals surface area contributed by atoms with Gasteiger partial charge in [0.1, 0.15) is 0 Å². The minimum absolute atomic E-state index is 0.154. The lowest BCUT2D eigenvalue weighted by Gasteiger charge is -2.33. The SMILES string of the molecule is C[C@@H]1OB(c2ccccc2)OC[C@@H]1c1ccccc1. The maximum absolute atomic E-state index is 6.02. The van der Waals surface area contributed by atoms with Gasteiger partial charge in [-0.1, -0.05) is 60.7 Å². The van der Waals surface area contributed by atoms with Crippen LogP contribution in [0.4, 0.5) is 0 Å². The zero-order valence-corrected chi connectivity index (χ0v) is 11.0. The van der Waals surface area contributed by atoms with E-state index in [-0.39, 0.29) is 13.2 Å². The van der Waals surface area contributed by atoms with Crippen molar-refractivity contribution in [1.82, 2.24) is 0 Å². The largest absolute Gasteiger partial charge is 0.494 e. The molecule has 0 saturated carbocycles. The molecule has 0 bridgehead atoms. The lowest BCUT2D eigenvalue weighted by atomic mass is 9.76. The molecule has 0 radical (unpaired) electrons. The molecule has 3 heteroatoms. The molecule has 1 aliphatic heterocycles. The second kappa shape index (κ2) is 5.60. The minimum Gasteiger partial charge on any atom is -0.407 e. The maximum Gasteiger partial charge on any atom is 0.494 e. The summed E-state index contributed by atoms with van der Waals surface area (Å²) >= 11 is 0. The van der Waals surface area contributed by atoms with Crippen LogP contribution in [-0.2, 0) is 9.31 Å². The second-order valence-electron chi connectivity index (χ2n) is 4.93. The summed E-state index contributed by atoms with van der Waals surface area (Å²) in [5.74, 6) is 0.307. The van der Waals surface area contributed by atoms with Crippen molar-refractivity contribution in [2.24, 2.45) is 0 Å². The molecule has 0 unspecified atom stereocenters. The van der Waals surface area contributed by atoms with Gasteiger partial charge in [0.25, 0.3) is 0 Å². The third-order valence-corrected chi connectivity index (χ3v) is 3.63. The third-order valence-electron chi connectivity index (χ3n) is 3.63. The highest BCUT2D eigenvalue weighted by atomic mass is 16.6. The fourth-order valence-electron chi connectivity index (χ4n) is 2.51. The Morgan fingerprint density at radius 1 is 0.947 bits per heavy atom. The summed E-state index contributed by atoms with van der Waals surface area (Å²) in [6.45, 7) is 2.82. The summed E-state index contributed by atoms with van der Waals surface area (Å²) in [5, 5.41) is 0. The Morgan fingerprint density at radius 3 is 2.21 bits per heavy atom. The van der Waals surface area contributed by atoms with Crippen LogP contribution < -0.4 is 5.46 Å². The van der Waals surface area contributed by atoms with Crippen LogP contribution in [0.3, 0.4) is 0 Å². The molecular weight excluding hydrogens is 235 g/mol. The zero-order chi connectivity index (χ0) is 13.1. The molecule has 19 heavy (non-hydrogen) atoms. The summed E-state index contributed by atoms with van der Waals surface area (Å²) < 4.78 is 11.9. The topological polar surface area (TPSA) is 18.5 Å². The molecule has 2 aromatic rings. The first-order valence-corrected chi connectivity index (χ1v) is 6.71. The first kappa shape index (κ1) is 12.5. The Balaban J connectivity index is 1.73.